The summed E-state index contributed by atoms with van der Waals surface area (Å²) in [6.45, 7) is 0. The Balaban J connectivity index is 1.98. The van der Waals surface area contributed by atoms with E-state index in [1.54, 1.807) is 30.3 Å². The first kappa shape index (κ1) is 16.4. The number of methoxy groups -OCH3 is 2. The number of hydrogen-bond acceptors (Lipinski definition) is 6. The lowest BCUT2D eigenvalue weighted by molar-refractivity contribution is 0.102. The summed E-state index contributed by atoms with van der Waals surface area (Å²) in [4.78, 5) is 12.5. The van der Waals surface area contributed by atoms with E-state index in [1.165, 1.54) is 26.4 Å². The molecule has 3 N–H and O–H groups in total. The van der Waals surface area contributed by atoms with E-state index in [0.717, 1.165) is 0 Å². The van der Waals surface area contributed by atoms with Crippen molar-refractivity contribution in [3.05, 3.63) is 53.6 Å². The molecule has 0 fully saturated rings. The minimum atomic E-state index is -0.526. The van der Waals surface area contributed by atoms with Gasteiger partial charge in [-0.15, -0.1) is 0 Å². The predicted molar refractivity (Wildman–Crippen MR) is 91.2 cm³/mol. The highest BCUT2D eigenvalue weighted by atomic mass is 16.5. The fourth-order valence-corrected chi connectivity index (χ4v) is 2.41. The van der Waals surface area contributed by atoms with Crippen molar-refractivity contribution in [1.82, 2.24) is 0 Å². The molecule has 25 heavy (non-hydrogen) atoms. The smallest absolute Gasteiger partial charge is 0.261 e. The van der Waals surface area contributed by atoms with Crippen LogP contribution in [0.3, 0.4) is 0 Å². The third-order valence-electron chi connectivity index (χ3n) is 3.67. The molecule has 2 aromatic carbocycles. The highest BCUT2D eigenvalue weighted by Crippen LogP contribution is 2.29. The van der Waals surface area contributed by atoms with Crippen LogP contribution < -0.4 is 20.3 Å². The quantitative estimate of drug-likeness (QED) is 0.677. The maximum absolute atomic E-state index is 12.5. The van der Waals surface area contributed by atoms with Crippen molar-refractivity contribution in [1.29, 1.82) is 5.41 Å². The Morgan fingerprint density at radius 3 is 2.68 bits per heavy atom. The highest BCUT2D eigenvalue weighted by molar-refractivity contribution is 6.06. The van der Waals surface area contributed by atoms with Crippen LogP contribution in [-0.2, 0) is 0 Å². The van der Waals surface area contributed by atoms with Crippen LogP contribution in [0.25, 0.3) is 11.0 Å². The number of amides is 1. The van der Waals surface area contributed by atoms with Gasteiger partial charge in [0.15, 0.2) is 11.3 Å². The summed E-state index contributed by atoms with van der Waals surface area (Å²) >= 11 is 0. The Bertz CT molecular complexity index is 1010. The average molecular weight is 340 g/mol. The molecule has 3 aromatic rings. The van der Waals surface area contributed by atoms with Crippen molar-refractivity contribution >= 4 is 22.6 Å². The van der Waals surface area contributed by atoms with Crippen molar-refractivity contribution in [3.63, 3.8) is 0 Å². The van der Waals surface area contributed by atoms with Crippen LogP contribution in [0.15, 0.2) is 46.9 Å². The molecular formula is C18H16N2O5. The maximum Gasteiger partial charge on any atom is 0.261 e. The lowest BCUT2D eigenvalue weighted by Gasteiger charge is -2.12. The second-order valence-corrected chi connectivity index (χ2v) is 5.21. The molecule has 1 heterocycles. The second-order valence-electron chi connectivity index (χ2n) is 5.21. The van der Waals surface area contributed by atoms with Gasteiger partial charge in [0.2, 0.25) is 5.55 Å². The van der Waals surface area contributed by atoms with E-state index in [0.29, 0.717) is 22.6 Å². The molecule has 0 spiro atoms. The number of nitrogens with one attached hydrogen (secondary N) is 2. The molecule has 7 heteroatoms. The van der Waals surface area contributed by atoms with E-state index in [4.69, 9.17) is 19.3 Å². The zero-order valence-corrected chi connectivity index (χ0v) is 13.6. The van der Waals surface area contributed by atoms with Gasteiger partial charge in [0, 0.05) is 11.5 Å². The van der Waals surface area contributed by atoms with E-state index in [2.05, 4.69) is 5.32 Å². The summed E-state index contributed by atoms with van der Waals surface area (Å²) < 4.78 is 15.6. The van der Waals surface area contributed by atoms with Crippen LogP contribution in [0.5, 0.6) is 17.2 Å². The number of para-hydroxylation sites is 1. The number of ether oxygens (including phenoxy) is 2. The van der Waals surface area contributed by atoms with Gasteiger partial charge in [-0.3, -0.25) is 10.2 Å². The number of anilines is 1. The van der Waals surface area contributed by atoms with E-state index < -0.39 is 5.91 Å². The summed E-state index contributed by atoms with van der Waals surface area (Å²) in [7, 11) is 3.01. The van der Waals surface area contributed by atoms with Crippen LogP contribution in [0, 0.1) is 5.41 Å². The molecule has 0 bridgehead atoms. The van der Waals surface area contributed by atoms with Gasteiger partial charge in [0.25, 0.3) is 5.91 Å². The largest absolute Gasteiger partial charge is 0.504 e. The lowest BCUT2D eigenvalue weighted by Crippen LogP contribution is -2.21. The standard InChI is InChI=1S/C18H16N2O5/c1-23-11-6-7-13(15(9-11)24-2)20-18(22)12-8-10-4-3-5-14(21)16(10)25-17(12)19/h3-9,19,21H,1-2H3,(H,20,22). The summed E-state index contributed by atoms with van der Waals surface area (Å²) in [6.07, 6.45) is 0. The van der Waals surface area contributed by atoms with Gasteiger partial charge in [0.05, 0.1) is 19.9 Å². The van der Waals surface area contributed by atoms with E-state index in [9.17, 15) is 9.90 Å². The monoisotopic (exact) mass is 340 g/mol. The minimum absolute atomic E-state index is 0.0379. The fourth-order valence-electron chi connectivity index (χ4n) is 2.41. The molecule has 0 aliphatic rings. The first-order valence-corrected chi connectivity index (χ1v) is 7.37. The van der Waals surface area contributed by atoms with Crippen LogP contribution in [-0.4, -0.2) is 25.2 Å². The van der Waals surface area contributed by atoms with Gasteiger partial charge in [-0.25, -0.2) is 0 Å². The minimum Gasteiger partial charge on any atom is -0.504 e. The molecule has 1 amide bonds. The molecule has 1 aromatic heterocycles. The molecule has 0 aliphatic heterocycles. The normalized spacial score (nSPS) is 10.5. The third kappa shape index (κ3) is 3.12. The van der Waals surface area contributed by atoms with Crippen molar-refractivity contribution < 1.29 is 23.8 Å². The number of hydrogen-bond donors (Lipinski definition) is 3. The fraction of sp³-hybridized carbons (Fsp3) is 0.111. The topological polar surface area (TPSA) is 105 Å². The molecule has 0 aliphatic carbocycles. The van der Waals surface area contributed by atoms with Gasteiger partial charge in [0.1, 0.15) is 17.1 Å². The molecule has 0 atom stereocenters. The molecule has 7 nitrogen and oxygen atoms in total. The lowest BCUT2D eigenvalue weighted by atomic mass is 10.1. The Hall–Kier alpha value is -3.48. The van der Waals surface area contributed by atoms with Crippen molar-refractivity contribution in [2.75, 3.05) is 19.5 Å². The average Bonchev–Trinajstić information content (AvgIpc) is 2.62. The van der Waals surface area contributed by atoms with Gasteiger partial charge in [-0.1, -0.05) is 12.1 Å². The number of phenols is 1. The van der Waals surface area contributed by atoms with E-state index in [1.807, 2.05) is 0 Å². The number of carbonyl (C=O) groups excluding carboxylic acids is 1. The Labute approximate surface area is 142 Å². The van der Waals surface area contributed by atoms with Crippen LogP contribution in [0.4, 0.5) is 5.69 Å². The number of benzene rings is 2. The van der Waals surface area contributed by atoms with E-state index >= 15 is 0 Å². The predicted octanol–water partition coefficient (Wildman–Crippen LogP) is 2.89. The second kappa shape index (κ2) is 6.56. The first-order valence-electron chi connectivity index (χ1n) is 7.37. The third-order valence-corrected chi connectivity index (χ3v) is 3.67. The van der Waals surface area contributed by atoms with Gasteiger partial charge < -0.3 is 24.3 Å². The van der Waals surface area contributed by atoms with Crippen LogP contribution in [0.2, 0.25) is 0 Å². The molecular weight excluding hydrogens is 324 g/mol. The zero-order chi connectivity index (χ0) is 18.0. The summed E-state index contributed by atoms with van der Waals surface area (Å²) in [5.41, 5.74) is 0.282. The Morgan fingerprint density at radius 1 is 1.16 bits per heavy atom. The number of rotatable bonds is 4. The summed E-state index contributed by atoms with van der Waals surface area (Å²) in [6, 6.07) is 11.2. The van der Waals surface area contributed by atoms with E-state index in [-0.39, 0.29) is 22.5 Å². The van der Waals surface area contributed by atoms with Gasteiger partial charge in [-0.05, 0) is 24.3 Å². The molecule has 128 valence electrons. The Morgan fingerprint density at radius 2 is 1.96 bits per heavy atom. The summed E-state index contributed by atoms with van der Waals surface area (Å²) in [5, 5.41) is 20.9. The number of aromatic hydroxyl groups is 1. The van der Waals surface area contributed by atoms with Crippen LogP contribution in [0.1, 0.15) is 10.4 Å². The molecule has 0 radical (unpaired) electrons. The Kier molecular flexibility index (Phi) is 4.30. The first-order chi connectivity index (χ1) is 12.0. The zero-order valence-electron chi connectivity index (χ0n) is 13.6. The van der Waals surface area contributed by atoms with Crippen molar-refractivity contribution in [3.8, 4) is 17.2 Å². The maximum atomic E-state index is 12.5. The van der Waals surface area contributed by atoms with Crippen LogP contribution >= 0.6 is 0 Å². The molecule has 0 unspecified atom stereocenters. The van der Waals surface area contributed by atoms with Gasteiger partial charge in [-0.2, -0.15) is 0 Å². The molecule has 0 saturated carbocycles. The van der Waals surface area contributed by atoms with Crippen molar-refractivity contribution in [2.45, 2.75) is 0 Å². The summed E-state index contributed by atoms with van der Waals surface area (Å²) in [5.74, 6) is 0.402. The molecule has 0 saturated heterocycles. The molecule has 3 rings (SSSR count). The number of fused-ring (bicyclic) bond motifs is 1. The number of carbonyl (C=O) groups is 1. The highest BCUT2D eigenvalue weighted by Gasteiger charge is 2.15. The SMILES string of the molecule is COc1ccc(NC(=O)c2cc3cccc(O)c3oc2=N)c(OC)c1. The van der Waals surface area contributed by atoms with Crippen molar-refractivity contribution in [2.24, 2.45) is 0 Å². The van der Waals surface area contributed by atoms with Gasteiger partial charge >= 0.3 is 0 Å². The number of phenolic OH excluding ortho intramolecular Hbond substituents is 1.